The molecule has 0 aliphatic carbocycles. The van der Waals surface area contributed by atoms with Gasteiger partial charge < -0.3 is 9.84 Å². The first-order chi connectivity index (χ1) is 9.90. The van der Waals surface area contributed by atoms with Gasteiger partial charge in [0.25, 0.3) is 0 Å². The van der Waals surface area contributed by atoms with Crippen molar-refractivity contribution >= 4 is 27.5 Å². The molecule has 2 aromatic carbocycles. The summed E-state index contributed by atoms with van der Waals surface area (Å²) >= 11 is 8.92. The Morgan fingerprint density at radius 3 is 2.48 bits per heavy atom. The Morgan fingerprint density at radius 1 is 1.14 bits per heavy atom. The Kier molecular flexibility index (Phi) is 5.13. The van der Waals surface area contributed by atoms with Crippen LogP contribution in [0.15, 0.2) is 40.9 Å². The lowest BCUT2D eigenvalue weighted by molar-refractivity contribution is -0.0512. The molecule has 0 saturated carbocycles. The zero-order chi connectivity index (χ0) is 15.6. The molecule has 0 aliphatic heterocycles. The summed E-state index contributed by atoms with van der Waals surface area (Å²) in [5, 5.41) is 10.4. The van der Waals surface area contributed by atoms with Crippen LogP contribution in [0.4, 0.5) is 13.2 Å². The molecule has 1 unspecified atom stereocenters. The minimum atomic E-state index is -3.04. The van der Waals surface area contributed by atoms with Crippen LogP contribution in [-0.2, 0) is 0 Å². The standard InChI is InChI=1S/C14H9BrClF3O2/c15-9-6-11(17)8(5-10(9)16)13(20)7-3-1-2-4-12(7)21-14(18)19/h1-6,13-14,20H. The Morgan fingerprint density at radius 2 is 1.81 bits per heavy atom. The molecule has 2 rings (SSSR count). The molecule has 0 heterocycles. The average molecular weight is 382 g/mol. The molecule has 0 radical (unpaired) electrons. The van der Waals surface area contributed by atoms with Crippen LogP contribution in [-0.4, -0.2) is 11.7 Å². The fourth-order valence-electron chi connectivity index (χ4n) is 1.82. The third-order valence-corrected chi connectivity index (χ3v) is 3.96. The maximum Gasteiger partial charge on any atom is 0.387 e. The van der Waals surface area contributed by atoms with Gasteiger partial charge in [0.15, 0.2) is 0 Å². The van der Waals surface area contributed by atoms with Gasteiger partial charge in [0.2, 0.25) is 0 Å². The molecule has 7 heteroatoms. The quantitative estimate of drug-likeness (QED) is 0.761. The van der Waals surface area contributed by atoms with Crippen LogP contribution in [0.25, 0.3) is 0 Å². The van der Waals surface area contributed by atoms with Gasteiger partial charge in [-0.3, -0.25) is 0 Å². The van der Waals surface area contributed by atoms with E-state index in [1.807, 2.05) is 0 Å². The number of benzene rings is 2. The summed E-state index contributed by atoms with van der Waals surface area (Å²) < 4.78 is 43.3. The predicted octanol–water partition coefficient (Wildman–Crippen LogP) is 4.92. The zero-order valence-electron chi connectivity index (χ0n) is 10.4. The van der Waals surface area contributed by atoms with Crippen LogP contribution >= 0.6 is 27.5 Å². The molecule has 0 spiro atoms. The fraction of sp³-hybridized carbons (Fsp3) is 0.143. The highest BCUT2D eigenvalue weighted by Crippen LogP contribution is 2.35. The summed E-state index contributed by atoms with van der Waals surface area (Å²) in [4.78, 5) is 0. The van der Waals surface area contributed by atoms with E-state index >= 15 is 0 Å². The predicted molar refractivity (Wildman–Crippen MR) is 76.2 cm³/mol. The first-order valence-electron chi connectivity index (χ1n) is 5.76. The maximum absolute atomic E-state index is 13.9. The topological polar surface area (TPSA) is 29.5 Å². The molecule has 1 N–H and O–H groups in total. The Labute approximate surface area is 132 Å². The van der Waals surface area contributed by atoms with E-state index in [2.05, 4.69) is 20.7 Å². The molecule has 0 saturated heterocycles. The fourth-order valence-corrected chi connectivity index (χ4v) is 2.31. The molecule has 112 valence electrons. The third kappa shape index (κ3) is 3.70. The van der Waals surface area contributed by atoms with Crippen LogP contribution in [0.5, 0.6) is 5.75 Å². The summed E-state index contributed by atoms with van der Waals surface area (Å²) in [6, 6.07) is 7.96. The van der Waals surface area contributed by atoms with Crippen molar-refractivity contribution in [3.05, 3.63) is 62.8 Å². The van der Waals surface area contributed by atoms with Gasteiger partial charge in [-0.2, -0.15) is 8.78 Å². The second-order valence-electron chi connectivity index (χ2n) is 4.11. The van der Waals surface area contributed by atoms with Crippen LogP contribution in [0.3, 0.4) is 0 Å². The van der Waals surface area contributed by atoms with E-state index in [0.29, 0.717) is 4.47 Å². The normalized spacial score (nSPS) is 12.5. The number of rotatable bonds is 4. The van der Waals surface area contributed by atoms with Crippen molar-refractivity contribution in [3.8, 4) is 5.75 Å². The molecule has 0 bridgehead atoms. The Hall–Kier alpha value is -1.24. The highest BCUT2D eigenvalue weighted by atomic mass is 79.9. The Balaban J connectivity index is 2.45. The van der Waals surface area contributed by atoms with Crippen molar-refractivity contribution in [2.75, 3.05) is 0 Å². The highest BCUT2D eigenvalue weighted by Gasteiger charge is 2.21. The molecule has 0 fully saturated rings. The SMILES string of the molecule is OC(c1cc(Cl)c(Br)cc1F)c1ccccc1OC(F)F. The summed E-state index contributed by atoms with van der Waals surface area (Å²) in [5.74, 6) is -0.941. The van der Waals surface area contributed by atoms with Crippen molar-refractivity contribution in [2.45, 2.75) is 12.7 Å². The number of halogens is 5. The van der Waals surface area contributed by atoms with Crippen LogP contribution in [0, 0.1) is 5.82 Å². The van der Waals surface area contributed by atoms with Crippen molar-refractivity contribution in [1.82, 2.24) is 0 Å². The van der Waals surface area contributed by atoms with E-state index in [1.165, 1.54) is 30.3 Å². The second-order valence-corrected chi connectivity index (χ2v) is 5.37. The number of ether oxygens (including phenoxy) is 1. The van der Waals surface area contributed by atoms with E-state index in [9.17, 15) is 18.3 Å². The Bertz CT molecular complexity index is 652. The van der Waals surface area contributed by atoms with E-state index < -0.39 is 18.5 Å². The number of aliphatic hydroxyl groups is 1. The molecule has 21 heavy (non-hydrogen) atoms. The van der Waals surface area contributed by atoms with E-state index in [4.69, 9.17) is 11.6 Å². The molecular formula is C14H9BrClF3O2. The number of hydrogen-bond donors (Lipinski definition) is 1. The number of hydrogen-bond acceptors (Lipinski definition) is 2. The van der Waals surface area contributed by atoms with Crippen LogP contribution < -0.4 is 4.74 Å². The van der Waals surface area contributed by atoms with Crippen molar-refractivity contribution in [1.29, 1.82) is 0 Å². The van der Waals surface area contributed by atoms with Gasteiger partial charge >= 0.3 is 6.61 Å². The highest BCUT2D eigenvalue weighted by molar-refractivity contribution is 9.10. The van der Waals surface area contributed by atoms with Crippen molar-refractivity contribution in [3.63, 3.8) is 0 Å². The average Bonchev–Trinajstić information content (AvgIpc) is 2.42. The molecule has 1 atom stereocenters. The minimum Gasteiger partial charge on any atom is -0.434 e. The van der Waals surface area contributed by atoms with E-state index in [-0.39, 0.29) is 21.9 Å². The van der Waals surface area contributed by atoms with Gasteiger partial charge in [-0.1, -0.05) is 29.8 Å². The lowest BCUT2D eigenvalue weighted by Crippen LogP contribution is -2.09. The largest absolute Gasteiger partial charge is 0.434 e. The second kappa shape index (κ2) is 6.68. The number of alkyl halides is 2. The van der Waals surface area contributed by atoms with Gasteiger partial charge in [-0.05, 0) is 34.1 Å². The van der Waals surface area contributed by atoms with Crippen molar-refractivity contribution in [2.24, 2.45) is 0 Å². The van der Waals surface area contributed by atoms with Gasteiger partial charge in [-0.25, -0.2) is 4.39 Å². The summed E-state index contributed by atoms with van der Waals surface area (Å²) in [6.45, 7) is -3.04. The van der Waals surface area contributed by atoms with Gasteiger partial charge in [0.1, 0.15) is 17.7 Å². The van der Waals surface area contributed by atoms with Crippen LogP contribution in [0.2, 0.25) is 5.02 Å². The van der Waals surface area contributed by atoms with E-state index in [0.717, 1.165) is 6.07 Å². The van der Waals surface area contributed by atoms with Crippen molar-refractivity contribution < 1.29 is 23.0 Å². The summed E-state index contributed by atoms with van der Waals surface area (Å²) in [6.07, 6.45) is -1.48. The van der Waals surface area contributed by atoms with E-state index in [1.54, 1.807) is 0 Å². The molecule has 0 aromatic heterocycles. The molecule has 2 aromatic rings. The lowest BCUT2D eigenvalue weighted by Gasteiger charge is -2.17. The first kappa shape index (κ1) is 16.1. The minimum absolute atomic E-state index is 0.0232. The van der Waals surface area contributed by atoms with Gasteiger partial charge in [0, 0.05) is 15.6 Å². The number of aliphatic hydroxyl groups excluding tert-OH is 1. The monoisotopic (exact) mass is 380 g/mol. The molecule has 0 amide bonds. The summed E-state index contributed by atoms with van der Waals surface area (Å²) in [5.41, 5.74) is -0.108. The lowest BCUT2D eigenvalue weighted by atomic mass is 10.0. The van der Waals surface area contributed by atoms with Crippen LogP contribution in [0.1, 0.15) is 17.2 Å². The van der Waals surface area contributed by atoms with Gasteiger partial charge in [0.05, 0.1) is 5.02 Å². The number of para-hydroxylation sites is 1. The third-order valence-electron chi connectivity index (χ3n) is 2.76. The van der Waals surface area contributed by atoms with Gasteiger partial charge in [-0.15, -0.1) is 0 Å². The smallest absolute Gasteiger partial charge is 0.387 e. The zero-order valence-corrected chi connectivity index (χ0v) is 12.7. The molecular weight excluding hydrogens is 373 g/mol. The summed E-state index contributed by atoms with van der Waals surface area (Å²) in [7, 11) is 0. The molecule has 0 aliphatic rings. The maximum atomic E-state index is 13.9. The first-order valence-corrected chi connectivity index (χ1v) is 6.93. The molecule has 2 nitrogen and oxygen atoms in total.